The Hall–Kier alpha value is -4.07. The zero-order valence-electron chi connectivity index (χ0n) is 17.4. The second-order valence-corrected chi connectivity index (χ2v) is 7.26. The first-order valence-electron chi connectivity index (χ1n) is 9.98. The van der Waals surface area contributed by atoms with Crippen molar-refractivity contribution in [2.75, 3.05) is 7.11 Å². The van der Waals surface area contributed by atoms with Gasteiger partial charge in [-0.2, -0.15) is 4.98 Å². The third-order valence-electron chi connectivity index (χ3n) is 5.55. The minimum Gasteiger partial charge on any atom is -0.497 e. The molecule has 0 amide bonds. The Morgan fingerprint density at radius 1 is 1.03 bits per heavy atom. The van der Waals surface area contributed by atoms with Crippen LogP contribution in [0.2, 0.25) is 0 Å². The van der Waals surface area contributed by atoms with Crippen LogP contribution in [0, 0.1) is 0 Å². The number of fused-ring (bicyclic) bond motifs is 3. The van der Waals surface area contributed by atoms with Gasteiger partial charge in [0.1, 0.15) is 5.75 Å². The fourth-order valence-electron chi connectivity index (χ4n) is 3.99. The van der Waals surface area contributed by atoms with Gasteiger partial charge in [0.15, 0.2) is 11.2 Å². The Labute approximate surface area is 177 Å². The van der Waals surface area contributed by atoms with Gasteiger partial charge in [0.05, 0.1) is 18.5 Å². The van der Waals surface area contributed by atoms with Crippen molar-refractivity contribution in [2.24, 2.45) is 7.05 Å². The molecule has 5 rings (SSSR count). The molecule has 5 aromatic rings. The highest BCUT2D eigenvalue weighted by Gasteiger charge is 2.22. The predicted molar refractivity (Wildman–Crippen MR) is 119 cm³/mol. The SMILES string of the molecule is CCn1c(=O)c2c(nc3n(-c4cccc(OC)c4)c(-c4ccccc4)cn23)n(C)c1=O. The molecule has 0 spiro atoms. The minimum atomic E-state index is -0.378. The molecule has 0 unspecified atom stereocenters. The first kappa shape index (κ1) is 18.9. The van der Waals surface area contributed by atoms with E-state index in [2.05, 4.69) is 0 Å². The second kappa shape index (κ2) is 7.02. The van der Waals surface area contributed by atoms with Gasteiger partial charge in [-0.3, -0.25) is 22.9 Å². The van der Waals surface area contributed by atoms with Crippen molar-refractivity contribution in [3.8, 4) is 22.7 Å². The highest BCUT2D eigenvalue weighted by atomic mass is 16.5. The molecular formula is C23H21N5O3. The molecule has 2 aromatic carbocycles. The van der Waals surface area contributed by atoms with Crippen molar-refractivity contribution in [1.82, 2.24) is 23.1 Å². The highest BCUT2D eigenvalue weighted by molar-refractivity contribution is 5.79. The topological polar surface area (TPSA) is 75.5 Å². The van der Waals surface area contributed by atoms with Gasteiger partial charge in [0.25, 0.3) is 5.56 Å². The van der Waals surface area contributed by atoms with Crippen LogP contribution in [0.25, 0.3) is 33.9 Å². The Balaban J connectivity index is 1.96. The van der Waals surface area contributed by atoms with Crippen LogP contribution < -0.4 is 16.0 Å². The van der Waals surface area contributed by atoms with Crippen molar-refractivity contribution in [1.29, 1.82) is 0 Å². The summed E-state index contributed by atoms with van der Waals surface area (Å²) >= 11 is 0. The lowest BCUT2D eigenvalue weighted by Crippen LogP contribution is -2.38. The Morgan fingerprint density at radius 2 is 1.81 bits per heavy atom. The fourth-order valence-corrected chi connectivity index (χ4v) is 3.99. The van der Waals surface area contributed by atoms with Gasteiger partial charge in [0.2, 0.25) is 5.78 Å². The molecular weight excluding hydrogens is 394 g/mol. The molecule has 3 aromatic heterocycles. The van der Waals surface area contributed by atoms with Crippen molar-refractivity contribution < 1.29 is 4.74 Å². The van der Waals surface area contributed by atoms with Gasteiger partial charge < -0.3 is 4.74 Å². The number of hydrogen-bond acceptors (Lipinski definition) is 4. The first-order chi connectivity index (χ1) is 15.0. The molecule has 156 valence electrons. The number of nitrogens with zero attached hydrogens (tertiary/aromatic N) is 5. The average Bonchev–Trinajstić information content (AvgIpc) is 3.35. The van der Waals surface area contributed by atoms with Gasteiger partial charge in [-0.15, -0.1) is 0 Å². The molecule has 0 aliphatic heterocycles. The van der Waals surface area contributed by atoms with Crippen molar-refractivity contribution in [2.45, 2.75) is 13.5 Å². The highest BCUT2D eigenvalue weighted by Crippen LogP contribution is 2.30. The predicted octanol–water partition coefficient (Wildman–Crippen LogP) is 2.83. The summed E-state index contributed by atoms with van der Waals surface area (Å²) in [5.41, 5.74) is 2.68. The molecule has 31 heavy (non-hydrogen) atoms. The summed E-state index contributed by atoms with van der Waals surface area (Å²) in [7, 11) is 3.26. The van der Waals surface area contributed by atoms with E-state index in [9.17, 15) is 9.59 Å². The number of methoxy groups -OCH3 is 1. The monoisotopic (exact) mass is 415 g/mol. The third-order valence-corrected chi connectivity index (χ3v) is 5.55. The number of aryl methyl sites for hydroxylation is 1. The number of rotatable bonds is 4. The molecule has 0 saturated carbocycles. The maximum atomic E-state index is 13.2. The summed E-state index contributed by atoms with van der Waals surface area (Å²) in [6.45, 7) is 2.07. The molecule has 0 bridgehead atoms. The van der Waals surface area contributed by atoms with E-state index in [0.717, 1.165) is 16.9 Å². The summed E-state index contributed by atoms with van der Waals surface area (Å²) in [4.78, 5) is 30.5. The summed E-state index contributed by atoms with van der Waals surface area (Å²) in [5.74, 6) is 1.25. The van der Waals surface area contributed by atoms with E-state index in [0.29, 0.717) is 22.7 Å². The largest absolute Gasteiger partial charge is 0.497 e. The van der Waals surface area contributed by atoms with Crippen LogP contribution in [-0.4, -0.2) is 30.2 Å². The number of benzene rings is 2. The molecule has 3 heterocycles. The van der Waals surface area contributed by atoms with E-state index in [1.165, 1.54) is 9.13 Å². The van der Waals surface area contributed by atoms with E-state index in [1.807, 2.05) is 65.4 Å². The van der Waals surface area contributed by atoms with Crippen molar-refractivity contribution in [3.05, 3.63) is 81.6 Å². The average molecular weight is 415 g/mol. The van der Waals surface area contributed by atoms with Crippen molar-refractivity contribution in [3.63, 3.8) is 0 Å². The van der Waals surface area contributed by atoms with E-state index < -0.39 is 0 Å². The standard InChI is InChI=1S/C23H21N5O3/c1-4-26-21(29)19-20(25(2)23(26)30)24-22-27(19)14-18(15-9-6-5-7-10-15)28(22)16-11-8-12-17(13-16)31-3/h5-14H,4H2,1-3H3. The molecule has 0 atom stereocenters. The number of imidazole rings is 2. The van der Waals surface area contributed by atoms with Gasteiger partial charge >= 0.3 is 5.69 Å². The Morgan fingerprint density at radius 3 is 2.52 bits per heavy atom. The lowest BCUT2D eigenvalue weighted by atomic mass is 10.1. The van der Waals surface area contributed by atoms with Crippen LogP contribution in [-0.2, 0) is 13.6 Å². The number of aromatic nitrogens is 5. The normalized spacial score (nSPS) is 11.5. The molecule has 0 radical (unpaired) electrons. The molecule has 8 heteroatoms. The summed E-state index contributed by atoms with van der Waals surface area (Å²) in [6, 6.07) is 17.5. The van der Waals surface area contributed by atoms with Gasteiger partial charge in [-0.05, 0) is 19.1 Å². The zero-order chi connectivity index (χ0) is 21.7. The molecule has 0 saturated heterocycles. The minimum absolute atomic E-state index is 0.289. The van der Waals surface area contributed by atoms with Crippen LogP contribution >= 0.6 is 0 Å². The molecule has 0 aliphatic rings. The van der Waals surface area contributed by atoms with Crippen molar-refractivity contribution >= 4 is 16.9 Å². The van der Waals surface area contributed by atoms with Gasteiger partial charge in [-0.1, -0.05) is 36.4 Å². The van der Waals surface area contributed by atoms with E-state index in [-0.39, 0.29) is 17.8 Å². The quantitative estimate of drug-likeness (QED) is 0.452. The molecule has 0 fully saturated rings. The van der Waals surface area contributed by atoms with E-state index in [1.54, 1.807) is 25.5 Å². The fraction of sp³-hybridized carbons (Fsp3) is 0.174. The van der Waals surface area contributed by atoms with Gasteiger partial charge in [0, 0.05) is 31.4 Å². The van der Waals surface area contributed by atoms with Gasteiger partial charge in [-0.25, -0.2) is 4.79 Å². The molecule has 8 nitrogen and oxygen atoms in total. The van der Waals surface area contributed by atoms with Crippen LogP contribution in [0.15, 0.2) is 70.4 Å². The lowest BCUT2D eigenvalue weighted by Gasteiger charge is -2.10. The molecule has 0 aliphatic carbocycles. The van der Waals surface area contributed by atoms with Crippen LogP contribution in [0.3, 0.4) is 0 Å². The van der Waals surface area contributed by atoms with E-state index >= 15 is 0 Å². The third kappa shape index (κ3) is 2.72. The summed E-state index contributed by atoms with van der Waals surface area (Å²) in [5, 5.41) is 0. The van der Waals surface area contributed by atoms with Crippen LogP contribution in [0.4, 0.5) is 0 Å². The lowest BCUT2D eigenvalue weighted by molar-refractivity contribution is 0.414. The first-order valence-corrected chi connectivity index (χ1v) is 9.98. The smallest absolute Gasteiger partial charge is 0.332 e. The zero-order valence-corrected chi connectivity index (χ0v) is 17.4. The van der Waals surface area contributed by atoms with Crippen LogP contribution in [0.1, 0.15) is 6.92 Å². The number of ether oxygens (including phenoxy) is 1. The maximum absolute atomic E-state index is 13.2. The molecule has 0 N–H and O–H groups in total. The summed E-state index contributed by atoms with van der Waals surface area (Å²) in [6.07, 6.45) is 1.89. The summed E-state index contributed by atoms with van der Waals surface area (Å²) < 4.78 is 11.8. The number of hydrogen-bond donors (Lipinski definition) is 0. The van der Waals surface area contributed by atoms with Crippen LogP contribution in [0.5, 0.6) is 5.75 Å². The second-order valence-electron chi connectivity index (χ2n) is 7.26. The van der Waals surface area contributed by atoms with E-state index in [4.69, 9.17) is 9.72 Å². The Kier molecular flexibility index (Phi) is 4.28. The Bertz CT molecular complexity index is 1550. The maximum Gasteiger partial charge on any atom is 0.332 e.